The molecular weight excluding hydrogens is 232 g/mol. The molecule has 2 aliphatic rings. The Balaban J connectivity index is 1.45. The molecule has 0 amide bonds. The largest absolute Gasteiger partial charge is 0.305 e. The summed E-state index contributed by atoms with van der Waals surface area (Å²) < 4.78 is 0. The highest BCUT2D eigenvalue weighted by Gasteiger charge is 2.40. The molecule has 4 rings (SSSR count). The molecule has 1 saturated carbocycles. The van der Waals surface area contributed by atoms with Gasteiger partial charge in [0.15, 0.2) is 0 Å². The van der Waals surface area contributed by atoms with E-state index in [0.717, 1.165) is 0 Å². The summed E-state index contributed by atoms with van der Waals surface area (Å²) in [4.78, 5) is 4.56. The zero-order valence-electron chi connectivity index (χ0n) is 10.9. The quantitative estimate of drug-likeness (QED) is 0.904. The summed E-state index contributed by atoms with van der Waals surface area (Å²) in [7, 11) is 0. The van der Waals surface area contributed by atoms with Gasteiger partial charge in [-0.25, -0.2) is 0 Å². The maximum Gasteiger partial charge on any atom is 0.0605 e. The first-order valence-corrected chi connectivity index (χ1v) is 7.16. The highest BCUT2D eigenvalue weighted by Crippen LogP contribution is 2.43. The fourth-order valence-electron chi connectivity index (χ4n) is 3.28. The van der Waals surface area contributed by atoms with Crippen LogP contribution >= 0.6 is 0 Å². The van der Waals surface area contributed by atoms with Crippen LogP contribution in [-0.4, -0.2) is 11.0 Å². The smallest absolute Gasteiger partial charge is 0.0605 e. The number of aromatic nitrogens is 1. The summed E-state index contributed by atoms with van der Waals surface area (Å²) in [5.74, 6) is 0.703. The molecule has 2 aliphatic carbocycles. The number of nitrogens with zero attached hydrogens (tertiary/aromatic N) is 1. The van der Waals surface area contributed by atoms with Crippen molar-refractivity contribution in [2.45, 2.75) is 37.3 Å². The first kappa shape index (κ1) is 11.2. The molecule has 1 aromatic heterocycles. The lowest BCUT2D eigenvalue weighted by atomic mass is 10.1. The second kappa shape index (κ2) is 4.46. The number of hydrogen-bond donors (Lipinski definition) is 1. The van der Waals surface area contributed by atoms with E-state index in [4.69, 9.17) is 0 Å². The molecule has 96 valence electrons. The van der Waals surface area contributed by atoms with Crippen LogP contribution in [0.3, 0.4) is 0 Å². The van der Waals surface area contributed by atoms with Crippen molar-refractivity contribution in [1.82, 2.24) is 10.3 Å². The van der Waals surface area contributed by atoms with Crippen LogP contribution < -0.4 is 5.32 Å². The molecule has 0 aliphatic heterocycles. The number of pyridine rings is 1. The van der Waals surface area contributed by atoms with Crippen molar-refractivity contribution in [3.63, 3.8) is 0 Å². The van der Waals surface area contributed by atoms with Crippen molar-refractivity contribution in [1.29, 1.82) is 0 Å². The molecule has 1 fully saturated rings. The normalized spacial score (nSPS) is 28.1. The van der Waals surface area contributed by atoms with Crippen LogP contribution in [0.15, 0.2) is 48.7 Å². The van der Waals surface area contributed by atoms with E-state index >= 15 is 0 Å². The van der Waals surface area contributed by atoms with Gasteiger partial charge in [0.1, 0.15) is 0 Å². The van der Waals surface area contributed by atoms with E-state index in [2.05, 4.69) is 46.7 Å². The topological polar surface area (TPSA) is 24.9 Å². The minimum absolute atomic E-state index is 0.468. The third-order valence-corrected chi connectivity index (χ3v) is 4.39. The molecule has 1 N–H and O–H groups in total. The average molecular weight is 250 g/mol. The van der Waals surface area contributed by atoms with Crippen molar-refractivity contribution in [2.75, 3.05) is 0 Å². The average Bonchev–Trinajstić information content (AvgIpc) is 3.13. The first-order valence-electron chi connectivity index (χ1n) is 7.16. The minimum Gasteiger partial charge on any atom is -0.305 e. The molecule has 2 nitrogen and oxygen atoms in total. The van der Waals surface area contributed by atoms with Crippen molar-refractivity contribution in [2.24, 2.45) is 0 Å². The molecule has 3 atom stereocenters. The molecule has 2 heteroatoms. The Labute approximate surface area is 113 Å². The number of fused-ring (bicyclic) bond motifs is 1. The standard InChI is InChI=1S/C17H18N2/c1-2-5-12(6-3-1)14-11-16(14)19-15-9-8-13-7-4-10-18-17(13)15/h1-7,10,14-16,19H,8-9,11H2. The van der Waals surface area contributed by atoms with Gasteiger partial charge in [-0.3, -0.25) is 4.98 Å². The summed E-state index contributed by atoms with van der Waals surface area (Å²) in [6.07, 6.45) is 5.55. The number of rotatable bonds is 3. The molecule has 1 heterocycles. The molecule has 0 radical (unpaired) electrons. The third kappa shape index (κ3) is 2.06. The second-order valence-corrected chi connectivity index (χ2v) is 5.67. The number of nitrogens with one attached hydrogen (secondary N) is 1. The SMILES string of the molecule is c1ccc(C2CC2NC2CCc3cccnc32)cc1. The van der Waals surface area contributed by atoms with Crippen LogP contribution in [0.25, 0.3) is 0 Å². The monoisotopic (exact) mass is 250 g/mol. The lowest BCUT2D eigenvalue weighted by Gasteiger charge is -2.13. The summed E-state index contributed by atoms with van der Waals surface area (Å²) in [6, 6.07) is 16.2. The van der Waals surface area contributed by atoms with E-state index in [1.807, 2.05) is 12.3 Å². The van der Waals surface area contributed by atoms with Crippen LogP contribution in [0, 0.1) is 0 Å². The van der Waals surface area contributed by atoms with Crippen LogP contribution in [0.2, 0.25) is 0 Å². The van der Waals surface area contributed by atoms with Gasteiger partial charge in [0.2, 0.25) is 0 Å². The Morgan fingerprint density at radius 1 is 1.05 bits per heavy atom. The van der Waals surface area contributed by atoms with Gasteiger partial charge in [-0.2, -0.15) is 0 Å². The zero-order valence-corrected chi connectivity index (χ0v) is 10.9. The van der Waals surface area contributed by atoms with Crippen molar-refractivity contribution < 1.29 is 0 Å². The minimum atomic E-state index is 0.468. The molecule has 19 heavy (non-hydrogen) atoms. The van der Waals surface area contributed by atoms with Crippen LogP contribution in [0.1, 0.15) is 41.6 Å². The molecule has 0 spiro atoms. The van der Waals surface area contributed by atoms with Crippen LogP contribution in [0.5, 0.6) is 0 Å². The van der Waals surface area contributed by atoms with Gasteiger partial charge in [-0.1, -0.05) is 36.4 Å². The Morgan fingerprint density at radius 2 is 1.95 bits per heavy atom. The highest BCUT2D eigenvalue weighted by atomic mass is 15.0. The molecule has 0 saturated heterocycles. The molecule has 2 aromatic rings. The van der Waals surface area contributed by atoms with E-state index in [1.165, 1.54) is 36.1 Å². The molecule has 3 unspecified atom stereocenters. The summed E-state index contributed by atoms with van der Waals surface area (Å²) in [5.41, 5.74) is 4.18. The van der Waals surface area contributed by atoms with Gasteiger partial charge in [0, 0.05) is 18.2 Å². The van der Waals surface area contributed by atoms with Crippen molar-refractivity contribution >= 4 is 0 Å². The molecule has 1 aromatic carbocycles. The predicted octanol–water partition coefficient (Wildman–Crippen LogP) is 3.21. The van der Waals surface area contributed by atoms with Crippen LogP contribution in [-0.2, 0) is 6.42 Å². The summed E-state index contributed by atoms with van der Waals surface area (Å²) in [6.45, 7) is 0. The lowest BCUT2D eigenvalue weighted by Crippen LogP contribution is -2.23. The number of benzene rings is 1. The van der Waals surface area contributed by atoms with Gasteiger partial charge >= 0.3 is 0 Å². The Hall–Kier alpha value is -1.67. The predicted molar refractivity (Wildman–Crippen MR) is 76.0 cm³/mol. The van der Waals surface area contributed by atoms with Gasteiger partial charge in [-0.05, 0) is 36.5 Å². The van der Waals surface area contributed by atoms with Crippen molar-refractivity contribution in [3.05, 3.63) is 65.5 Å². The van der Waals surface area contributed by atoms with E-state index < -0.39 is 0 Å². The van der Waals surface area contributed by atoms with Gasteiger partial charge in [-0.15, -0.1) is 0 Å². The van der Waals surface area contributed by atoms with E-state index in [1.54, 1.807) is 0 Å². The van der Waals surface area contributed by atoms with Gasteiger partial charge in [0.05, 0.1) is 11.7 Å². The van der Waals surface area contributed by atoms with Crippen molar-refractivity contribution in [3.8, 4) is 0 Å². The molecular formula is C17H18N2. The number of hydrogen-bond acceptors (Lipinski definition) is 2. The number of aryl methyl sites for hydroxylation is 1. The fourth-order valence-corrected chi connectivity index (χ4v) is 3.28. The Morgan fingerprint density at radius 3 is 2.84 bits per heavy atom. The van der Waals surface area contributed by atoms with Gasteiger partial charge in [0.25, 0.3) is 0 Å². The Bertz CT molecular complexity index is 579. The van der Waals surface area contributed by atoms with Crippen LogP contribution in [0.4, 0.5) is 0 Å². The van der Waals surface area contributed by atoms with E-state index in [9.17, 15) is 0 Å². The Kier molecular flexibility index (Phi) is 2.63. The zero-order chi connectivity index (χ0) is 12.7. The molecule has 0 bridgehead atoms. The highest BCUT2D eigenvalue weighted by molar-refractivity contribution is 5.31. The second-order valence-electron chi connectivity index (χ2n) is 5.67. The maximum atomic E-state index is 4.56. The third-order valence-electron chi connectivity index (χ3n) is 4.39. The van der Waals surface area contributed by atoms with Gasteiger partial charge < -0.3 is 5.32 Å². The fraction of sp³-hybridized carbons (Fsp3) is 0.353. The van der Waals surface area contributed by atoms with E-state index in [-0.39, 0.29) is 0 Å². The lowest BCUT2D eigenvalue weighted by molar-refractivity contribution is 0.512. The maximum absolute atomic E-state index is 4.56. The summed E-state index contributed by atoms with van der Waals surface area (Å²) >= 11 is 0. The van der Waals surface area contributed by atoms with E-state index in [0.29, 0.717) is 18.0 Å². The summed E-state index contributed by atoms with van der Waals surface area (Å²) in [5, 5.41) is 3.80. The first-order chi connectivity index (χ1) is 9.42.